The minimum Gasteiger partial charge on any atom is -0.358 e. The van der Waals surface area contributed by atoms with Gasteiger partial charge < -0.3 is 5.32 Å². The third kappa shape index (κ3) is 2.14. The van der Waals surface area contributed by atoms with Crippen molar-refractivity contribution in [1.29, 1.82) is 0 Å². The first-order chi connectivity index (χ1) is 9.35. The smallest absolute Gasteiger partial charge is 0.241 e. The summed E-state index contributed by atoms with van der Waals surface area (Å²) in [6.45, 7) is 3.64. The van der Waals surface area contributed by atoms with E-state index >= 15 is 0 Å². The molecule has 0 radical (unpaired) electrons. The molecule has 1 saturated carbocycles. The first kappa shape index (κ1) is 15.0. The molecular formula is C15H21NO3S. The Labute approximate surface area is 120 Å². The van der Waals surface area contributed by atoms with Crippen LogP contribution in [-0.4, -0.2) is 26.1 Å². The zero-order valence-corrected chi connectivity index (χ0v) is 13.0. The summed E-state index contributed by atoms with van der Waals surface area (Å²) < 4.78 is 24.8. The fourth-order valence-electron chi connectivity index (χ4n) is 3.00. The Morgan fingerprint density at radius 2 is 1.80 bits per heavy atom. The number of sulfone groups is 1. The van der Waals surface area contributed by atoms with E-state index < -0.39 is 14.6 Å². The molecule has 1 fully saturated rings. The lowest BCUT2D eigenvalue weighted by Gasteiger charge is -2.27. The molecule has 0 unspecified atom stereocenters. The number of amides is 1. The number of carbonyl (C=O) groups excluding carboxylic acids is 1. The zero-order valence-electron chi connectivity index (χ0n) is 12.2. The van der Waals surface area contributed by atoms with Crippen LogP contribution in [0.1, 0.15) is 36.8 Å². The van der Waals surface area contributed by atoms with Crippen LogP contribution in [0.5, 0.6) is 0 Å². The second-order valence-electron chi connectivity index (χ2n) is 5.55. The van der Waals surface area contributed by atoms with Crippen molar-refractivity contribution >= 4 is 15.7 Å². The molecule has 20 heavy (non-hydrogen) atoms. The van der Waals surface area contributed by atoms with Crippen LogP contribution in [0.4, 0.5) is 0 Å². The average molecular weight is 295 g/mol. The van der Waals surface area contributed by atoms with Gasteiger partial charge in [-0.25, -0.2) is 8.42 Å². The maximum Gasteiger partial charge on any atom is 0.241 e. The molecule has 0 bridgehead atoms. The van der Waals surface area contributed by atoms with E-state index in [-0.39, 0.29) is 5.91 Å². The normalized spacial score (nSPS) is 17.9. The molecule has 1 amide bonds. The highest BCUT2D eigenvalue weighted by atomic mass is 32.2. The van der Waals surface area contributed by atoms with Crippen molar-refractivity contribution in [2.45, 2.75) is 49.2 Å². The number of hydrogen-bond acceptors (Lipinski definition) is 3. The Kier molecular flexibility index (Phi) is 3.91. The fourth-order valence-corrected chi connectivity index (χ4v) is 5.43. The Balaban J connectivity index is 2.63. The van der Waals surface area contributed by atoms with Crippen LogP contribution in [0.25, 0.3) is 0 Å². The maximum atomic E-state index is 13.1. The molecule has 4 nitrogen and oxygen atoms in total. The molecule has 0 atom stereocenters. The van der Waals surface area contributed by atoms with Crippen molar-refractivity contribution in [1.82, 2.24) is 5.32 Å². The van der Waals surface area contributed by atoms with Gasteiger partial charge in [0.2, 0.25) is 5.91 Å². The highest BCUT2D eigenvalue weighted by Gasteiger charge is 2.52. The third-order valence-electron chi connectivity index (χ3n) is 4.20. The summed E-state index contributed by atoms with van der Waals surface area (Å²) in [5.41, 5.74) is 1.59. The van der Waals surface area contributed by atoms with Gasteiger partial charge in [-0.3, -0.25) is 4.79 Å². The van der Waals surface area contributed by atoms with E-state index in [9.17, 15) is 13.2 Å². The standard InChI is InChI=1S/C15H21NO3S/c1-11-6-7-12(2)13(10-11)20(18,19)15(14(17)16-3)8-4-5-9-15/h6-7,10H,4-5,8-9H2,1-3H3,(H,16,17). The van der Waals surface area contributed by atoms with Crippen LogP contribution in [0, 0.1) is 13.8 Å². The molecule has 110 valence electrons. The van der Waals surface area contributed by atoms with Gasteiger partial charge in [-0.05, 0) is 43.9 Å². The van der Waals surface area contributed by atoms with Crippen molar-refractivity contribution in [3.05, 3.63) is 29.3 Å². The predicted molar refractivity (Wildman–Crippen MR) is 78.4 cm³/mol. The van der Waals surface area contributed by atoms with Crippen molar-refractivity contribution in [3.63, 3.8) is 0 Å². The quantitative estimate of drug-likeness (QED) is 0.929. The van der Waals surface area contributed by atoms with E-state index in [1.807, 2.05) is 13.0 Å². The monoisotopic (exact) mass is 295 g/mol. The minimum absolute atomic E-state index is 0.294. The predicted octanol–water partition coefficient (Wildman–Crippen LogP) is 2.14. The minimum atomic E-state index is -3.68. The molecule has 1 aliphatic carbocycles. The van der Waals surface area contributed by atoms with E-state index in [2.05, 4.69) is 5.32 Å². The number of hydrogen-bond donors (Lipinski definition) is 1. The number of nitrogens with one attached hydrogen (secondary N) is 1. The molecule has 0 saturated heterocycles. The molecule has 1 aromatic carbocycles. The van der Waals surface area contributed by atoms with E-state index in [0.717, 1.165) is 18.4 Å². The lowest BCUT2D eigenvalue weighted by Crippen LogP contribution is -2.49. The van der Waals surface area contributed by atoms with Gasteiger partial charge in [0.05, 0.1) is 4.90 Å². The van der Waals surface area contributed by atoms with Crippen molar-refractivity contribution in [2.24, 2.45) is 0 Å². The molecule has 5 heteroatoms. The molecule has 1 aromatic rings. The van der Waals surface area contributed by atoms with Gasteiger partial charge in [0, 0.05) is 7.05 Å². The topological polar surface area (TPSA) is 63.2 Å². The summed E-state index contributed by atoms with van der Waals surface area (Å²) in [7, 11) is -2.18. The summed E-state index contributed by atoms with van der Waals surface area (Å²) >= 11 is 0. The summed E-state index contributed by atoms with van der Waals surface area (Å²) in [6.07, 6.45) is 2.36. The molecular weight excluding hydrogens is 274 g/mol. The number of carbonyl (C=O) groups is 1. The molecule has 0 aromatic heterocycles. The van der Waals surface area contributed by atoms with Crippen LogP contribution in [-0.2, 0) is 14.6 Å². The summed E-state index contributed by atoms with van der Waals surface area (Å²) in [4.78, 5) is 12.6. The van der Waals surface area contributed by atoms with Crippen molar-refractivity contribution in [2.75, 3.05) is 7.05 Å². The van der Waals surface area contributed by atoms with E-state index in [4.69, 9.17) is 0 Å². The van der Waals surface area contributed by atoms with E-state index in [1.54, 1.807) is 19.1 Å². The summed E-state index contributed by atoms with van der Waals surface area (Å²) in [6, 6.07) is 5.36. The number of benzene rings is 1. The molecule has 1 aliphatic rings. The van der Waals surface area contributed by atoms with Gasteiger partial charge in [0.15, 0.2) is 14.6 Å². The second-order valence-corrected chi connectivity index (χ2v) is 7.78. The number of rotatable bonds is 3. The summed E-state index contributed by atoms with van der Waals surface area (Å²) in [5.74, 6) is -0.379. The Bertz CT molecular complexity index is 629. The highest BCUT2D eigenvalue weighted by Crippen LogP contribution is 2.41. The van der Waals surface area contributed by atoms with Crippen LogP contribution in [0.2, 0.25) is 0 Å². The second kappa shape index (κ2) is 5.20. The third-order valence-corrected chi connectivity index (χ3v) is 6.84. The van der Waals surface area contributed by atoms with Crippen LogP contribution < -0.4 is 5.32 Å². The lowest BCUT2D eigenvalue weighted by atomic mass is 10.1. The first-order valence-electron chi connectivity index (χ1n) is 6.89. The van der Waals surface area contributed by atoms with Crippen LogP contribution in [0.15, 0.2) is 23.1 Å². The van der Waals surface area contributed by atoms with Crippen LogP contribution >= 0.6 is 0 Å². The van der Waals surface area contributed by atoms with Gasteiger partial charge in [0.25, 0.3) is 0 Å². The summed E-state index contributed by atoms with van der Waals surface area (Å²) in [5, 5.41) is 2.54. The average Bonchev–Trinajstić information content (AvgIpc) is 2.91. The number of aryl methyl sites for hydroxylation is 2. The molecule has 2 rings (SSSR count). The van der Waals surface area contributed by atoms with Crippen molar-refractivity contribution < 1.29 is 13.2 Å². The molecule has 1 N–H and O–H groups in total. The Hall–Kier alpha value is -1.36. The largest absolute Gasteiger partial charge is 0.358 e. The van der Waals surface area contributed by atoms with Crippen molar-refractivity contribution in [3.8, 4) is 0 Å². The van der Waals surface area contributed by atoms with Gasteiger partial charge in [-0.15, -0.1) is 0 Å². The van der Waals surface area contributed by atoms with E-state index in [1.165, 1.54) is 7.05 Å². The fraction of sp³-hybridized carbons (Fsp3) is 0.533. The molecule has 0 heterocycles. The van der Waals surface area contributed by atoms with Gasteiger partial charge >= 0.3 is 0 Å². The van der Waals surface area contributed by atoms with E-state index in [0.29, 0.717) is 23.3 Å². The highest BCUT2D eigenvalue weighted by molar-refractivity contribution is 7.93. The maximum absolute atomic E-state index is 13.1. The zero-order chi connectivity index (χ0) is 15.0. The Morgan fingerprint density at radius 3 is 2.35 bits per heavy atom. The van der Waals surface area contributed by atoms with Gasteiger partial charge in [0.1, 0.15) is 0 Å². The molecule has 0 aliphatic heterocycles. The molecule has 0 spiro atoms. The SMILES string of the molecule is CNC(=O)C1(S(=O)(=O)c2cc(C)ccc2C)CCCC1. The first-order valence-corrected chi connectivity index (χ1v) is 8.37. The van der Waals surface area contributed by atoms with Gasteiger partial charge in [-0.2, -0.15) is 0 Å². The van der Waals surface area contributed by atoms with Crippen LogP contribution in [0.3, 0.4) is 0 Å². The Morgan fingerprint density at radius 1 is 1.20 bits per heavy atom. The lowest BCUT2D eigenvalue weighted by molar-refractivity contribution is -0.123. The van der Waals surface area contributed by atoms with Gasteiger partial charge in [-0.1, -0.05) is 25.0 Å².